The average Bonchev–Trinajstić information content (AvgIpc) is 3.23. The van der Waals surface area contributed by atoms with Crippen LogP contribution in [-0.4, -0.2) is 19.8 Å². The van der Waals surface area contributed by atoms with Crippen molar-refractivity contribution in [2.45, 2.75) is 45.3 Å². The summed E-state index contributed by atoms with van der Waals surface area (Å²) in [6, 6.07) is 13.7. The summed E-state index contributed by atoms with van der Waals surface area (Å²) in [5.74, 6) is 0.579. The van der Waals surface area contributed by atoms with Gasteiger partial charge in [0, 0.05) is 17.8 Å². The number of aromatic nitrogens is 1. The predicted octanol–water partition coefficient (Wildman–Crippen LogP) is 5.24. The van der Waals surface area contributed by atoms with Crippen LogP contribution in [0.25, 0.3) is 21.0 Å². The fraction of sp³-hybridized carbons (Fsp3) is 0.304. The van der Waals surface area contributed by atoms with E-state index in [1.807, 2.05) is 50.4 Å². The van der Waals surface area contributed by atoms with Gasteiger partial charge in [-0.15, -0.1) is 11.3 Å². The highest BCUT2D eigenvalue weighted by atomic mass is 32.2. The Bertz CT molecular complexity index is 1170. The lowest BCUT2D eigenvalue weighted by atomic mass is 9.85. The van der Waals surface area contributed by atoms with Gasteiger partial charge in [0.05, 0.1) is 16.5 Å². The molecule has 1 heterocycles. The number of fused-ring (bicyclic) bond motifs is 1. The van der Waals surface area contributed by atoms with Crippen molar-refractivity contribution in [3.8, 4) is 32.8 Å². The van der Waals surface area contributed by atoms with Crippen LogP contribution in [0.2, 0.25) is 0 Å². The Morgan fingerprint density at radius 2 is 2.19 bits per heavy atom. The standard InChI is InChI=1S/C23H23N3O3S2/c1-14(2)29-21-10-9-15(11-16(21)12-24)23-25-13-22(30-23)19-7-3-6-18-17(19)5-4-8-20(18)26-31(27)28/h3,6-7,9-11,13-14,20,26H,4-5,8H2,1-2H3,(H,27,28)/t20-/m1/s1. The second-order valence-corrected chi connectivity index (χ2v) is 9.47. The lowest BCUT2D eigenvalue weighted by Crippen LogP contribution is -2.26. The molecule has 8 heteroatoms. The molecule has 1 aromatic heterocycles. The minimum Gasteiger partial charge on any atom is -0.490 e. The van der Waals surface area contributed by atoms with Gasteiger partial charge >= 0.3 is 0 Å². The van der Waals surface area contributed by atoms with Gasteiger partial charge in [0.2, 0.25) is 11.3 Å². The first kappa shape index (κ1) is 21.7. The topological polar surface area (TPSA) is 95.2 Å². The zero-order valence-electron chi connectivity index (χ0n) is 17.3. The molecule has 1 aliphatic carbocycles. The number of nitriles is 1. The molecule has 6 nitrogen and oxygen atoms in total. The normalized spacial score (nSPS) is 16.5. The molecule has 0 radical (unpaired) electrons. The minimum atomic E-state index is -2.05. The van der Waals surface area contributed by atoms with Crippen LogP contribution in [0.5, 0.6) is 5.75 Å². The quantitative estimate of drug-likeness (QED) is 0.498. The summed E-state index contributed by atoms with van der Waals surface area (Å²) in [5.41, 5.74) is 4.75. The maximum Gasteiger partial charge on any atom is 0.232 e. The van der Waals surface area contributed by atoms with Crippen molar-refractivity contribution in [3.05, 3.63) is 59.3 Å². The fourth-order valence-corrected chi connectivity index (χ4v) is 5.42. The molecule has 2 N–H and O–H groups in total. The Morgan fingerprint density at radius 3 is 2.94 bits per heavy atom. The van der Waals surface area contributed by atoms with E-state index in [2.05, 4.69) is 21.8 Å². The third-order valence-corrected chi connectivity index (χ3v) is 6.80. The molecule has 0 saturated carbocycles. The maximum atomic E-state index is 11.3. The molecule has 31 heavy (non-hydrogen) atoms. The molecule has 1 aliphatic rings. The summed E-state index contributed by atoms with van der Waals surface area (Å²) in [6.07, 6.45) is 4.57. The van der Waals surface area contributed by atoms with Gasteiger partial charge in [-0.05, 0) is 68.0 Å². The van der Waals surface area contributed by atoms with Crippen LogP contribution < -0.4 is 9.46 Å². The number of hydrogen-bond donors (Lipinski definition) is 2. The van der Waals surface area contributed by atoms with Crippen LogP contribution >= 0.6 is 11.3 Å². The van der Waals surface area contributed by atoms with Gasteiger partial charge in [-0.2, -0.15) is 5.26 Å². The first-order valence-electron chi connectivity index (χ1n) is 10.1. The summed E-state index contributed by atoms with van der Waals surface area (Å²) in [5, 5.41) is 10.3. The second kappa shape index (κ2) is 9.28. The van der Waals surface area contributed by atoms with Crippen molar-refractivity contribution in [1.82, 2.24) is 9.71 Å². The zero-order chi connectivity index (χ0) is 22.0. The van der Waals surface area contributed by atoms with E-state index in [0.29, 0.717) is 11.3 Å². The van der Waals surface area contributed by atoms with Gasteiger partial charge in [-0.25, -0.2) is 13.9 Å². The Morgan fingerprint density at radius 1 is 1.35 bits per heavy atom. The Kier molecular flexibility index (Phi) is 6.49. The Balaban J connectivity index is 1.68. The van der Waals surface area contributed by atoms with E-state index in [9.17, 15) is 14.0 Å². The van der Waals surface area contributed by atoms with Crippen molar-refractivity contribution in [2.75, 3.05) is 0 Å². The van der Waals surface area contributed by atoms with Crippen molar-refractivity contribution in [1.29, 1.82) is 5.26 Å². The van der Waals surface area contributed by atoms with Gasteiger partial charge in [-0.1, -0.05) is 18.2 Å². The molecule has 3 aromatic rings. The molecule has 0 saturated heterocycles. The van der Waals surface area contributed by atoms with E-state index >= 15 is 0 Å². The smallest absolute Gasteiger partial charge is 0.232 e. The Labute approximate surface area is 188 Å². The monoisotopic (exact) mass is 453 g/mol. The molecule has 2 atom stereocenters. The highest BCUT2D eigenvalue weighted by Crippen LogP contribution is 2.40. The molecular formula is C23H23N3O3S2. The van der Waals surface area contributed by atoms with Gasteiger partial charge in [0.25, 0.3) is 0 Å². The number of rotatable bonds is 6. The van der Waals surface area contributed by atoms with Crippen molar-refractivity contribution >= 4 is 22.6 Å². The molecule has 160 valence electrons. The average molecular weight is 454 g/mol. The van der Waals surface area contributed by atoms with E-state index in [1.54, 1.807) is 11.3 Å². The summed E-state index contributed by atoms with van der Waals surface area (Å²) < 4.78 is 29.0. The number of nitrogens with zero attached hydrogens (tertiary/aromatic N) is 2. The van der Waals surface area contributed by atoms with Crippen LogP contribution in [0.15, 0.2) is 42.6 Å². The molecule has 2 aromatic carbocycles. The fourth-order valence-electron chi connectivity index (χ4n) is 3.96. The van der Waals surface area contributed by atoms with Crippen molar-refractivity contribution < 1.29 is 13.5 Å². The van der Waals surface area contributed by atoms with Crippen LogP contribution in [0.4, 0.5) is 0 Å². The number of benzene rings is 2. The number of hydrogen-bond acceptors (Lipinski definition) is 5. The van der Waals surface area contributed by atoms with E-state index < -0.39 is 11.3 Å². The molecule has 0 bridgehead atoms. The third kappa shape index (κ3) is 4.70. The van der Waals surface area contributed by atoms with Crippen molar-refractivity contribution in [3.63, 3.8) is 0 Å². The number of nitrogens with one attached hydrogen (secondary N) is 1. The van der Waals surface area contributed by atoms with E-state index in [-0.39, 0.29) is 12.1 Å². The van der Waals surface area contributed by atoms with Crippen LogP contribution in [0.3, 0.4) is 0 Å². The van der Waals surface area contributed by atoms with Crippen LogP contribution in [-0.2, 0) is 17.7 Å². The highest BCUT2D eigenvalue weighted by Gasteiger charge is 2.24. The molecule has 0 spiro atoms. The summed E-state index contributed by atoms with van der Waals surface area (Å²) >= 11 is -0.473. The number of ether oxygens (including phenoxy) is 1. The summed E-state index contributed by atoms with van der Waals surface area (Å²) in [6.45, 7) is 3.86. The van der Waals surface area contributed by atoms with Gasteiger partial charge in [-0.3, -0.25) is 4.55 Å². The highest BCUT2D eigenvalue weighted by molar-refractivity contribution is 7.77. The van der Waals surface area contributed by atoms with Crippen LogP contribution in [0.1, 0.15) is 49.4 Å². The van der Waals surface area contributed by atoms with Crippen LogP contribution in [0, 0.1) is 11.3 Å². The van der Waals surface area contributed by atoms with Gasteiger partial charge in [0.15, 0.2) is 0 Å². The minimum absolute atomic E-state index is 0.00440. The molecule has 0 fully saturated rings. The molecular weight excluding hydrogens is 430 g/mol. The SMILES string of the molecule is CC(C)Oc1ccc(-c2ncc(-c3cccc4c3CCC[C@H]4NS(=O)O)s2)cc1C#N. The predicted molar refractivity (Wildman–Crippen MR) is 123 cm³/mol. The van der Waals surface area contributed by atoms with Gasteiger partial charge in [0.1, 0.15) is 16.8 Å². The first-order valence-corrected chi connectivity index (χ1v) is 12.0. The van der Waals surface area contributed by atoms with E-state index in [0.717, 1.165) is 45.8 Å². The molecule has 4 rings (SSSR count). The Hall–Kier alpha value is -2.57. The lowest BCUT2D eigenvalue weighted by Gasteiger charge is -2.26. The second-order valence-electron chi connectivity index (χ2n) is 7.70. The third-order valence-electron chi connectivity index (χ3n) is 5.23. The van der Waals surface area contributed by atoms with E-state index in [1.165, 1.54) is 5.56 Å². The molecule has 0 amide bonds. The molecule has 1 unspecified atom stereocenters. The van der Waals surface area contributed by atoms with E-state index in [4.69, 9.17) is 4.74 Å². The summed E-state index contributed by atoms with van der Waals surface area (Å²) in [4.78, 5) is 5.65. The summed E-state index contributed by atoms with van der Waals surface area (Å²) in [7, 11) is 0. The zero-order valence-corrected chi connectivity index (χ0v) is 18.9. The number of thiazole rings is 1. The maximum absolute atomic E-state index is 11.3. The van der Waals surface area contributed by atoms with Gasteiger partial charge < -0.3 is 4.74 Å². The first-order chi connectivity index (χ1) is 15.0. The largest absolute Gasteiger partial charge is 0.490 e. The lowest BCUT2D eigenvalue weighted by molar-refractivity contribution is 0.242. The molecule has 0 aliphatic heterocycles. The van der Waals surface area contributed by atoms with Crippen molar-refractivity contribution in [2.24, 2.45) is 0 Å².